The van der Waals surface area contributed by atoms with Crippen LogP contribution >= 0.6 is 0 Å². The second kappa shape index (κ2) is 13.3. The van der Waals surface area contributed by atoms with Crippen LogP contribution in [0.3, 0.4) is 0 Å². The van der Waals surface area contributed by atoms with Gasteiger partial charge < -0.3 is 19.7 Å². The molecular weight excluding hydrogens is 554 g/mol. The van der Waals surface area contributed by atoms with E-state index >= 15 is 0 Å². The maximum absolute atomic E-state index is 13.3. The molecule has 2 N–H and O–H groups in total. The molecule has 0 aromatic heterocycles. The molecule has 0 aliphatic carbocycles. The Morgan fingerprint density at radius 1 is 0.833 bits per heavy atom. The summed E-state index contributed by atoms with van der Waals surface area (Å²) in [4.78, 5) is 27.7. The summed E-state index contributed by atoms with van der Waals surface area (Å²) in [5.41, 5.74) is 2.53. The molecule has 0 radical (unpaired) electrons. The van der Waals surface area contributed by atoms with Gasteiger partial charge in [0.2, 0.25) is 10.0 Å². The zero-order chi connectivity index (χ0) is 29.4. The Labute approximate surface area is 245 Å². The Balaban J connectivity index is 1.17. The van der Waals surface area contributed by atoms with Gasteiger partial charge in [-0.2, -0.15) is 0 Å². The number of nitrogens with one attached hydrogen (secondary N) is 2. The maximum atomic E-state index is 13.3. The van der Waals surface area contributed by atoms with Crippen LogP contribution in [0.15, 0.2) is 114 Å². The first-order valence-corrected chi connectivity index (χ1v) is 15.0. The van der Waals surface area contributed by atoms with Gasteiger partial charge in [0.25, 0.3) is 11.8 Å². The smallest absolute Gasteiger partial charge is 0.265 e. The molecule has 0 saturated carbocycles. The first-order valence-electron chi connectivity index (χ1n) is 13.5. The minimum absolute atomic E-state index is 0.0195. The van der Waals surface area contributed by atoms with Gasteiger partial charge in [0, 0.05) is 13.1 Å². The number of sulfonamides is 1. The Hall–Kier alpha value is -4.67. The van der Waals surface area contributed by atoms with Gasteiger partial charge in [0.05, 0.1) is 17.1 Å². The number of amides is 2. The lowest BCUT2D eigenvalue weighted by Gasteiger charge is -2.34. The van der Waals surface area contributed by atoms with E-state index in [-0.39, 0.29) is 36.4 Å². The van der Waals surface area contributed by atoms with Crippen molar-refractivity contribution >= 4 is 27.5 Å². The van der Waals surface area contributed by atoms with E-state index in [1.807, 2.05) is 60.7 Å². The molecular formula is C32H31N3O6S. The molecule has 216 valence electrons. The lowest BCUT2D eigenvalue weighted by Crippen LogP contribution is -2.51. The predicted molar refractivity (Wildman–Crippen MR) is 159 cm³/mol. The number of anilines is 1. The topological polar surface area (TPSA) is 114 Å². The second-order valence-corrected chi connectivity index (χ2v) is 11.4. The van der Waals surface area contributed by atoms with Gasteiger partial charge in [-0.3, -0.25) is 9.59 Å². The number of hydrogen-bond donors (Lipinski definition) is 2. The molecule has 10 heteroatoms. The van der Waals surface area contributed by atoms with Gasteiger partial charge in [0.15, 0.2) is 12.7 Å². The van der Waals surface area contributed by atoms with Crippen molar-refractivity contribution < 1.29 is 27.5 Å². The highest BCUT2D eigenvalue weighted by Gasteiger charge is 2.33. The van der Waals surface area contributed by atoms with Crippen LogP contribution in [0.2, 0.25) is 0 Å². The Bertz CT molecular complexity index is 1610. The zero-order valence-electron chi connectivity index (χ0n) is 22.8. The van der Waals surface area contributed by atoms with Crippen LogP contribution in [0.1, 0.15) is 11.1 Å². The lowest BCUT2D eigenvalue weighted by atomic mass is 10.1. The molecule has 4 aromatic carbocycles. The molecule has 2 amide bonds. The van der Waals surface area contributed by atoms with E-state index in [2.05, 4.69) is 10.0 Å². The quantitative estimate of drug-likeness (QED) is 0.278. The molecule has 4 aromatic rings. The number of carbonyl (C=O) groups excluding carboxylic acids is 2. The number of nitrogens with zero attached hydrogens (tertiary/aromatic N) is 1. The second-order valence-electron chi connectivity index (χ2n) is 9.68. The van der Waals surface area contributed by atoms with Gasteiger partial charge in [0.1, 0.15) is 11.5 Å². The number of ether oxygens (including phenoxy) is 2. The van der Waals surface area contributed by atoms with Crippen molar-refractivity contribution in [2.24, 2.45) is 0 Å². The standard InChI is InChI=1S/C32H31N3O6S/c36-31(23-40-26-15-17-27(18-16-26)42(38,39)34-20-19-24-9-3-1-4-10-24)35-22-30(41-29-14-8-7-13-28(29)35)32(37)33-21-25-11-5-2-6-12-25/h1-18,30,34H,19-23H2,(H,33,37)/t30-/m0/s1. The molecule has 0 fully saturated rings. The van der Waals surface area contributed by atoms with Crippen LogP contribution in [-0.4, -0.2) is 46.0 Å². The minimum atomic E-state index is -3.70. The molecule has 0 saturated heterocycles. The van der Waals surface area contributed by atoms with Crippen molar-refractivity contribution in [3.63, 3.8) is 0 Å². The van der Waals surface area contributed by atoms with Crippen molar-refractivity contribution in [1.82, 2.24) is 10.0 Å². The van der Waals surface area contributed by atoms with E-state index < -0.39 is 16.1 Å². The summed E-state index contributed by atoms with van der Waals surface area (Å²) in [5.74, 6) is 0.0590. The van der Waals surface area contributed by atoms with Gasteiger partial charge in [-0.15, -0.1) is 0 Å². The fraction of sp³-hybridized carbons (Fsp3) is 0.188. The van der Waals surface area contributed by atoms with Gasteiger partial charge in [-0.1, -0.05) is 72.8 Å². The molecule has 9 nitrogen and oxygen atoms in total. The highest BCUT2D eigenvalue weighted by Crippen LogP contribution is 2.33. The molecule has 5 rings (SSSR count). The first kappa shape index (κ1) is 28.8. The van der Waals surface area contributed by atoms with E-state index in [4.69, 9.17) is 9.47 Å². The monoisotopic (exact) mass is 585 g/mol. The highest BCUT2D eigenvalue weighted by molar-refractivity contribution is 7.89. The molecule has 0 bridgehead atoms. The van der Waals surface area contributed by atoms with Crippen molar-refractivity contribution in [3.05, 3.63) is 120 Å². The number of rotatable bonds is 11. The number of carbonyl (C=O) groups is 2. The van der Waals surface area contributed by atoms with Crippen LogP contribution in [0.25, 0.3) is 0 Å². The first-order chi connectivity index (χ1) is 20.4. The van der Waals surface area contributed by atoms with Crippen LogP contribution in [-0.2, 0) is 32.6 Å². The molecule has 0 spiro atoms. The van der Waals surface area contributed by atoms with Crippen LogP contribution in [0.5, 0.6) is 11.5 Å². The van der Waals surface area contributed by atoms with Crippen molar-refractivity contribution in [1.29, 1.82) is 0 Å². The van der Waals surface area contributed by atoms with Crippen LogP contribution in [0.4, 0.5) is 5.69 Å². The van der Waals surface area contributed by atoms with Crippen LogP contribution < -0.4 is 24.4 Å². The van der Waals surface area contributed by atoms with Gasteiger partial charge in [-0.05, 0) is 53.9 Å². The number of hydrogen-bond acceptors (Lipinski definition) is 6. The summed E-state index contributed by atoms with van der Waals surface area (Å²) < 4.78 is 39.6. The maximum Gasteiger partial charge on any atom is 0.265 e. The summed E-state index contributed by atoms with van der Waals surface area (Å²) >= 11 is 0. The average molecular weight is 586 g/mol. The number of para-hydroxylation sites is 2. The SMILES string of the molecule is O=C(NCc1ccccc1)[C@@H]1CN(C(=O)COc2ccc(S(=O)(=O)NCCc3ccccc3)cc2)c2ccccc2O1. The molecule has 1 aliphatic rings. The molecule has 1 heterocycles. The fourth-order valence-electron chi connectivity index (χ4n) is 4.50. The Morgan fingerprint density at radius 2 is 1.48 bits per heavy atom. The third-order valence-electron chi connectivity index (χ3n) is 6.72. The summed E-state index contributed by atoms with van der Waals surface area (Å²) in [5, 5.41) is 2.87. The molecule has 42 heavy (non-hydrogen) atoms. The summed E-state index contributed by atoms with van der Waals surface area (Å²) in [6, 6.07) is 32.0. The number of benzene rings is 4. The average Bonchev–Trinajstić information content (AvgIpc) is 3.03. The minimum Gasteiger partial charge on any atom is -0.484 e. The Kier molecular flexibility index (Phi) is 9.15. The highest BCUT2D eigenvalue weighted by atomic mass is 32.2. The molecule has 0 unspecified atom stereocenters. The van der Waals surface area contributed by atoms with E-state index in [0.717, 1.165) is 11.1 Å². The van der Waals surface area contributed by atoms with E-state index in [0.29, 0.717) is 30.2 Å². The van der Waals surface area contributed by atoms with Crippen molar-refractivity contribution in [2.75, 3.05) is 24.6 Å². The normalized spacial score (nSPS) is 14.4. The van der Waals surface area contributed by atoms with Gasteiger partial charge >= 0.3 is 0 Å². The van der Waals surface area contributed by atoms with E-state index in [9.17, 15) is 18.0 Å². The van der Waals surface area contributed by atoms with Crippen molar-refractivity contribution in [2.45, 2.75) is 24.0 Å². The van der Waals surface area contributed by atoms with Crippen molar-refractivity contribution in [3.8, 4) is 11.5 Å². The lowest BCUT2D eigenvalue weighted by molar-refractivity contribution is -0.128. The summed E-state index contributed by atoms with van der Waals surface area (Å²) in [7, 11) is -3.70. The third kappa shape index (κ3) is 7.34. The fourth-order valence-corrected chi connectivity index (χ4v) is 5.53. The van der Waals surface area contributed by atoms with E-state index in [1.54, 1.807) is 24.3 Å². The zero-order valence-corrected chi connectivity index (χ0v) is 23.6. The summed E-state index contributed by atoms with van der Waals surface area (Å²) in [6.07, 6.45) is -0.324. The third-order valence-corrected chi connectivity index (χ3v) is 8.20. The van der Waals surface area contributed by atoms with Gasteiger partial charge in [-0.25, -0.2) is 13.1 Å². The molecule has 1 aliphatic heterocycles. The molecule has 1 atom stereocenters. The number of fused-ring (bicyclic) bond motifs is 1. The van der Waals surface area contributed by atoms with E-state index in [1.165, 1.54) is 29.2 Å². The largest absolute Gasteiger partial charge is 0.484 e. The Morgan fingerprint density at radius 3 is 2.19 bits per heavy atom. The summed E-state index contributed by atoms with van der Waals surface area (Å²) in [6.45, 7) is 0.317. The predicted octanol–water partition coefficient (Wildman–Crippen LogP) is 3.70. The van der Waals surface area contributed by atoms with Crippen LogP contribution in [0, 0.1) is 0 Å².